The van der Waals surface area contributed by atoms with Gasteiger partial charge in [0.1, 0.15) is 0 Å². The minimum Gasteiger partial charge on any atom is -0.393 e. The number of alkyl halides is 6. The first-order valence-corrected chi connectivity index (χ1v) is 7.20. The largest absolute Gasteiger partial charge is 0.416 e. The molecule has 2 aliphatic rings. The van der Waals surface area contributed by atoms with Crippen molar-refractivity contribution in [2.75, 3.05) is 0 Å². The summed E-state index contributed by atoms with van der Waals surface area (Å²) in [6.07, 6.45) is -7.02. The first-order valence-electron chi connectivity index (χ1n) is 7.20. The summed E-state index contributed by atoms with van der Waals surface area (Å²) in [7, 11) is 0. The van der Waals surface area contributed by atoms with Gasteiger partial charge in [-0.15, -0.1) is 0 Å². The van der Waals surface area contributed by atoms with E-state index in [2.05, 4.69) is 4.74 Å². The summed E-state index contributed by atoms with van der Waals surface area (Å²) < 4.78 is 82.4. The normalized spacial score (nSPS) is 26.6. The first kappa shape index (κ1) is 17.5. The van der Waals surface area contributed by atoms with Gasteiger partial charge in [0.05, 0.1) is 23.0 Å². The summed E-state index contributed by atoms with van der Waals surface area (Å²) in [6, 6.07) is 1.16. The minimum absolute atomic E-state index is 0.0195. The van der Waals surface area contributed by atoms with E-state index in [1.54, 1.807) is 0 Å². The molecule has 0 N–H and O–H groups in total. The third-order valence-electron chi connectivity index (χ3n) is 4.32. The lowest BCUT2D eigenvalue weighted by molar-refractivity contribution is -0.154. The van der Waals surface area contributed by atoms with E-state index in [1.165, 1.54) is 12.2 Å². The van der Waals surface area contributed by atoms with Crippen LogP contribution < -0.4 is 0 Å². The van der Waals surface area contributed by atoms with Gasteiger partial charge in [-0.2, -0.15) is 26.3 Å². The summed E-state index contributed by atoms with van der Waals surface area (Å²) in [5.41, 5.74) is -3.27. The Balaban J connectivity index is 2.13. The molecule has 1 aliphatic heterocycles. The number of cyclic esters (lactones) is 2. The Labute approximate surface area is 137 Å². The van der Waals surface area contributed by atoms with Crippen LogP contribution in [0.15, 0.2) is 30.4 Å². The fraction of sp³-hybridized carbons (Fsp3) is 0.375. The van der Waals surface area contributed by atoms with Crippen LogP contribution in [0.2, 0.25) is 0 Å². The number of hydrogen-bond donors (Lipinski definition) is 0. The molecule has 1 saturated heterocycles. The van der Waals surface area contributed by atoms with Crippen molar-refractivity contribution >= 4 is 11.9 Å². The molecule has 0 saturated carbocycles. The van der Waals surface area contributed by atoms with E-state index >= 15 is 0 Å². The predicted octanol–water partition coefficient (Wildman–Crippen LogP) is 4.08. The lowest BCUT2D eigenvalue weighted by Crippen LogP contribution is -2.27. The van der Waals surface area contributed by atoms with E-state index in [9.17, 15) is 35.9 Å². The molecule has 3 rings (SSSR count). The van der Waals surface area contributed by atoms with Gasteiger partial charge in [0.2, 0.25) is 0 Å². The number of halogens is 6. The first-order chi connectivity index (χ1) is 11.5. The molecule has 0 bridgehead atoms. The second kappa shape index (κ2) is 5.60. The molecule has 0 radical (unpaired) electrons. The highest BCUT2D eigenvalue weighted by molar-refractivity contribution is 5.97. The van der Waals surface area contributed by atoms with E-state index < -0.39 is 53.2 Å². The molecule has 1 aromatic rings. The van der Waals surface area contributed by atoms with Gasteiger partial charge in [0.15, 0.2) is 0 Å². The topological polar surface area (TPSA) is 43.4 Å². The maximum Gasteiger partial charge on any atom is 0.416 e. The number of rotatable bonds is 1. The van der Waals surface area contributed by atoms with Crippen molar-refractivity contribution in [2.45, 2.75) is 24.7 Å². The molecule has 0 aromatic heterocycles. The molecule has 1 aliphatic carbocycles. The zero-order valence-corrected chi connectivity index (χ0v) is 12.3. The van der Waals surface area contributed by atoms with Crippen molar-refractivity contribution in [3.63, 3.8) is 0 Å². The number of allylic oxidation sites excluding steroid dienone is 2. The Morgan fingerprint density at radius 1 is 0.880 bits per heavy atom. The Kier molecular flexibility index (Phi) is 3.92. The number of hydrogen-bond acceptors (Lipinski definition) is 3. The van der Waals surface area contributed by atoms with E-state index in [1.807, 2.05) is 0 Å². The van der Waals surface area contributed by atoms with Gasteiger partial charge >= 0.3 is 24.3 Å². The summed E-state index contributed by atoms with van der Waals surface area (Å²) >= 11 is 0. The Hall–Kier alpha value is -2.32. The molecular weight excluding hydrogens is 354 g/mol. The average Bonchev–Trinajstić information content (AvgIpc) is 2.80. The van der Waals surface area contributed by atoms with Crippen molar-refractivity contribution in [2.24, 2.45) is 11.8 Å². The van der Waals surface area contributed by atoms with Gasteiger partial charge in [0.25, 0.3) is 0 Å². The van der Waals surface area contributed by atoms with Crippen molar-refractivity contribution in [3.8, 4) is 0 Å². The fourth-order valence-corrected chi connectivity index (χ4v) is 3.17. The molecule has 134 valence electrons. The van der Waals surface area contributed by atoms with Crippen LogP contribution in [0.4, 0.5) is 26.3 Å². The summed E-state index contributed by atoms with van der Waals surface area (Å²) in [5.74, 6) is -4.86. The average molecular weight is 364 g/mol. The zero-order chi connectivity index (χ0) is 18.6. The van der Waals surface area contributed by atoms with E-state index in [-0.39, 0.29) is 18.1 Å². The summed E-state index contributed by atoms with van der Waals surface area (Å²) in [4.78, 5) is 23.5. The van der Waals surface area contributed by atoms with Crippen LogP contribution in [0.5, 0.6) is 0 Å². The fourth-order valence-electron chi connectivity index (χ4n) is 3.17. The molecule has 25 heavy (non-hydrogen) atoms. The van der Waals surface area contributed by atoms with E-state index in [4.69, 9.17) is 0 Å². The second-order valence-electron chi connectivity index (χ2n) is 5.90. The van der Waals surface area contributed by atoms with Gasteiger partial charge in [0, 0.05) is 5.92 Å². The van der Waals surface area contributed by atoms with Crippen LogP contribution in [0.3, 0.4) is 0 Å². The third-order valence-corrected chi connectivity index (χ3v) is 4.32. The van der Waals surface area contributed by atoms with Gasteiger partial charge < -0.3 is 4.74 Å². The molecule has 3 nitrogen and oxygen atoms in total. The van der Waals surface area contributed by atoms with E-state index in [0.717, 1.165) is 0 Å². The van der Waals surface area contributed by atoms with Crippen LogP contribution in [0.1, 0.15) is 29.0 Å². The number of fused-ring (bicyclic) bond motifs is 1. The maximum atomic E-state index is 13.0. The van der Waals surface area contributed by atoms with Crippen molar-refractivity contribution < 1.29 is 40.7 Å². The van der Waals surface area contributed by atoms with Crippen molar-refractivity contribution in [1.29, 1.82) is 0 Å². The Morgan fingerprint density at radius 3 is 1.96 bits per heavy atom. The van der Waals surface area contributed by atoms with Gasteiger partial charge in [-0.25, -0.2) is 0 Å². The standard InChI is InChI=1S/C16H10F6O3/c17-15(18,19)8-4-7(5-9(6-8)16(20,21)22)10-2-1-3-11-12(10)14(24)25-13(11)23/h1-2,4-6,10-12H,3H2/t10-,11-,12-/m1/s1. The number of carbonyl (C=O) groups excluding carboxylic acids is 2. The second-order valence-corrected chi connectivity index (χ2v) is 5.90. The van der Waals surface area contributed by atoms with Crippen molar-refractivity contribution in [1.82, 2.24) is 0 Å². The SMILES string of the molecule is O=C1OC(=O)[C@@H]2CC=C[C@H](c3cc(C(F)(F)F)cc(C(F)(F)F)c3)[C@@H]12. The highest BCUT2D eigenvalue weighted by Gasteiger charge is 2.49. The number of esters is 2. The monoisotopic (exact) mass is 364 g/mol. The van der Waals surface area contributed by atoms with Crippen LogP contribution in [-0.2, 0) is 26.7 Å². The van der Waals surface area contributed by atoms with Crippen LogP contribution in [-0.4, -0.2) is 11.9 Å². The van der Waals surface area contributed by atoms with Gasteiger partial charge in [-0.05, 0) is 30.2 Å². The molecule has 0 unspecified atom stereocenters. The van der Waals surface area contributed by atoms with E-state index in [0.29, 0.717) is 12.1 Å². The molecular formula is C16H10F6O3. The molecule has 0 amide bonds. The number of benzene rings is 1. The number of ether oxygens (including phenoxy) is 1. The lowest BCUT2D eigenvalue weighted by Gasteiger charge is -2.26. The minimum atomic E-state index is -4.99. The zero-order valence-electron chi connectivity index (χ0n) is 12.3. The summed E-state index contributed by atoms with van der Waals surface area (Å²) in [5, 5.41) is 0. The number of carbonyl (C=O) groups is 2. The Bertz CT molecular complexity index is 730. The molecule has 1 fully saturated rings. The molecule has 1 aromatic carbocycles. The quantitative estimate of drug-likeness (QED) is 0.326. The molecule has 3 atom stereocenters. The van der Waals surface area contributed by atoms with Gasteiger partial charge in [-0.1, -0.05) is 12.2 Å². The third kappa shape index (κ3) is 3.14. The summed E-state index contributed by atoms with van der Waals surface area (Å²) in [6.45, 7) is 0. The van der Waals surface area contributed by atoms with Crippen molar-refractivity contribution in [3.05, 3.63) is 47.0 Å². The molecule has 1 heterocycles. The van der Waals surface area contributed by atoms with Gasteiger partial charge in [-0.3, -0.25) is 9.59 Å². The van der Waals surface area contributed by atoms with Crippen LogP contribution in [0.25, 0.3) is 0 Å². The maximum absolute atomic E-state index is 13.0. The lowest BCUT2D eigenvalue weighted by atomic mass is 9.74. The Morgan fingerprint density at radius 2 is 1.44 bits per heavy atom. The molecule has 0 spiro atoms. The highest BCUT2D eigenvalue weighted by Crippen LogP contribution is 2.45. The predicted molar refractivity (Wildman–Crippen MR) is 71.0 cm³/mol. The smallest absolute Gasteiger partial charge is 0.393 e. The van der Waals surface area contributed by atoms with Crippen LogP contribution >= 0.6 is 0 Å². The molecule has 9 heteroatoms. The highest BCUT2D eigenvalue weighted by atomic mass is 19.4. The van der Waals surface area contributed by atoms with Crippen LogP contribution in [0, 0.1) is 11.8 Å².